The maximum atomic E-state index is 11.4. The number of benzene rings is 1. The summed E-state index contributed by atoms with van der Waals surface area (Å²) in [4.78, 5) is 11.4. The lowest BCUT2D eigenvalue weighted by Crippen LogP contribution is -2.11. The highest BCUT2D eigenvalue weighted by molar-refractivity contribution is 6.63. The van der Waals surface area contributed by atoms with E-state index in [1.54, 1.807) is 24.3 Å². The van der Waals surface area contributed by atoms with Crippen LogP contribution in [0.15, 0.2) is 33.8 Å². The van der Waals surface area contributed by atoms with Crippen molar-refractivity contribution in [2.24, 2.45) is 0 Å². The van der Waals surface area contributed by atoms with E-state index in [-0.39, 0.29) is 9.52 Å². The fraction of sp³-hybridized carbons (Fsp3) is 0. The lowest BCUT2D eigenvalue weighted by Gasteiger charge is -2.04. The quantitative estimate of drug-likeness (QED) is 0.812. The zero-order chi connectivity index (χ0) is 11.4. The van der Waals surface area contributed by atoms with Crippen molar-refractivity contribution in [2.75, 3.05) is 5.32 Å². The zero-order valence-corrected chi connectivity index (χ0v) is 10.3. The molecule has 1 amide bonds. The van der Waals surface area contributed by atoms with Gasteiger partial charge in [-0.25, -0.2) is 0 Å². The van der Waals surface area contributed by atoms with E-state index < -0.39 is 5.91 Å². The van der Waals surface area contributed by atoms with Gasteiger partial charge >= 0.3 is 0 Å². The second-order valence-electron chi connectivity index (χ2n) is 2.54. The number of hydrogen-bond donors (Lipinski definition) is 1. The van der Waals surface area contributed by atoms with Crippen LogP contribution in [0.1, 0.15) is 0 Å². The fourth-order valence-electron chi connectivity index (χ4n) is 0.838. The van der Waals surface area contributed by atoms with Crippen molar-refractivity contribution in [2.45, 2.75) is 0 Å². The second-order valence-corrected chi connectivity index (χ2v) is 4.30. The van der Waals surface area contributed by atoms with E-state index in [0.29, 0.717) is 10.7 Å². The molecule has 0 aromatic heterocycles. The largest absolute Gasteiger partial charge is 0.321 e. The van der Waals surface area contributed by atoms with Gasteiger partial charge in [0.1, 0.15) is 9.52 Å². The molecule has 0 unspecified atom stereocenters. The topological polar surface area (TPSA) is 29.1 Å². The number of halogens is 4. The molecular formula is C9H5Cl4NO. The van der Waals surface area contributed by atoms with E-state index in [1.165, 1.54) is 0 Å². The standard InChI is InChI=1S/C9H5Cl4NO/c10-5-2-1-3-6(4-5)14-9(15)7(11)8(12)13/h1-4H,(H,14,15). The lowest BCUT2D eigenvalue weighted by atomic mass is 10.3. The van der Waals surface area contributed by atoms with Gasteiger partial charge in [0.15, 0.2) is 0 Å². The summed E-state index contributed by atoms with van der Waals surface area (Å²) in [6.07, 6.45) is 0. The third-order valence-corrected chi connectivity index (χ3v) is 2.61. The van der Waals surface area contributed by atoms with E-state index in [9.17, 15) is 4.79 Å². The summed E-state index contributed by atoms with van der Waals surface area (Å²) in [7, 11) is 0. The van der Waals surface area contributed by atoms with Gasteiger partial charge in [0.25, 0.3) is 5.91 Å². The molecule has 80 valence electrons. The number of hydrogen-bond acceptors (Lipinski definition) is 1. The number of carbonyl (C=O) groups excluding carboxylic acids is 1. The maximum absolute atomic E-state index is 11.4. The van der Waals surface area contributed by atoms with Crippen molar-refractivity contribution >= 4 is 58.0 Å². The highest BCUT2D eigenvalue weighted by Crippen LogP contribution is 2.20. The Labute approximate surface area is 107 Å². The highest BCUT2D eigenvalue weighted by atomic mass is 35.5. The molecule has 6 heteroatoms. The molecule has 0 aliphatic heterocycles. The van der Waals surface area contributed by atoms with Gasteiger partial charge in [-0.2, -0.15) is 0 Å². The molecule has 0 bridgehead atoms. The Bertz CT molecular complexity index is 412. The van der Waals surface area contributed by atoms with Crippen LogP contribution in [-0.4, -0.2) is 5.91 Å². The summed E-state index contributed by atoms with van der Waals surface area (Å²) in [5, 5.41) is 2.72. The average Bonchev–Trinajstić information content (AvgIpc) is 2.16. The van der Waals surface area contributed by atoms with Crippen LogP contribution in [0.3, 0.4) is 0 Å². The molecule has 0 saturated heterocycles. The fourth-order valence-corrected chi connectivity index (χ4v) is 1.25. The summed E-state index contributed by atoms with van der Waals surface area (Å²) in [6, 6.07) is 6.61. The third kappa shape index (κ3) is 3.92. The molecule has 1 aromatic carbocycles. The molecule has 2 nitrogen and oxygen atoms in total. The molecule has 0 atom stereocenters. The Hall–Kier alpha value is -0.410. The minimum atomic E-state index is -0.584. The SMILES string of the molecule is O=C(Nc1cccc(Cl)c1)C(Cl)=C(Cl)Cl. The van der Waals surface area contributed by atoms with Crippen molar-refractivity contribution < 1.29 is 4.79 Å². The number of carbonyl (C=O) groups is 1. The van der Waals surface area contributed by atoms with Gasteiger partial charge in [-0.1, -0.05) is 52.5 Å². The first-order chi connectivity index (χ1) is 7.00. The van der Waals surface area contributed by atoms with E-state index in [4.69, 9.17) is 46.4 Å². The predicted molar refractivity (Wildman–Crippen MR) is 64.7 cm³/mol. The number of rotatable bonds is 2. The summed E-state index contributed by atoms with van der Waals surface area (Å²) < 4.78 is -0.281. The monoisotopic (exact) mass is 283 g/mol. The molecule has 0 fully saturated rings. The molecule has 0 aliphatic rings. The predicted octanol–water partition coefficient (Wildman–Crippen LogP) is 4.16. The molecule has 1 aromatic rings. The Balaban J connectivity index is 2.80. The first kappa shape index (κ1) is 12.7. The normalized spacial score (nSPS) is 9.60. The second kappa shape index (κ2) is 5.61. The Kier molecular flexibility index (Phi) is 4.74. The van der Waals surface area contributed by atoms with Gasteiger partial charge in [0, 0.05) is 10.7 Å². The van der Waals surface area contributed by atoms with Crippen molar-refractivity contribution in [1.82, 2.24) is 0 Å². The van der Waals surface area contributed by atoms with Crippen LogP contribution in [0.4, 0.5) is 5.69 Å². The molecule has 0 spiro atoms. The van der Waals surface area contributed by atoms with Crippen molar-refractivity contribution in [1.29, 1.82) is 0 Å². The average molecular weight is 285 g/mol. The molecule has 1 N–H and O–H groups in total. The lowest BCUT2D eigenvalue weighted by molar-refractivity contribution is -0.112. The summed E-state index contributed by atoms with van der Waals surface area (Å²) in [5.74, 6) is -0.584. The van der Waals surface area contributed by atoms with E-state index >= 15 is 0 Å². The Morgan fingerprint density at radius 1 is 1.20 bits per heavy atom. The van der Waals surface area contributed by atoms with Crippen LogP contribution in [0.5, 0.6) is 0 Å². The minimum Gasteiger partial charge on any atom is -0.321 e. The van der Waals surface area contributed by atoms with Gasteiger partial charge in [-0.05, 0) is 18.2 Å². The molecule has 0 aliphatic carbocycles. The maximum Gasteiger partial charge on any atom is 0.269 e. The molecule has 0 radical (unpaired) electrons. The first-order valence-electron chi connectivity index (χ1n) is 3.78. The van der Waals surface area contributed by atoms with Gasteiger partial charge in [0.2, 0.25) is 0 Å². The first-order valence-corrected chi connectivity index (χ1v) is 5.29. The highest BCUT2D eigenvalue weighted by Gasteiger charge is 2.10. The van der Waals surface area contributed by atoms with Gasteiger partial charge in [-0.15, -0.1) is 0 Å². The van der Waals surface area contributed by atoms with Crippen LogP contribution >= 0.6 is 46.4 Å². The molecule has 0 saturated carbocycles. The molecular weight excluding hydrogens is 280 g/mol. The van der Waals surface area contributed by atoms with E-state index in [0.717, 1.165) is 0 Å². The van der Waals surface area contributed by atoms with E-state index in [2.05, 4.69) is 5.32 Å². The molecule has 1 rings (SSSR count). The van der Waals surface area contributed by atoms with Crippen molar-refractivity contribution in [3.05, 3.63) is 38.8 Å². The van der Waals surface area contributed by atoms with Crippen molar-refractivity contribution in [3.8, 4) is 0 Å². The van der Waals surface area contributed by atoms with Crippen LogP contribution < -0.4 is 5.32 Å². The van der Waals surface area contributed by atoms with Crippen LogP contribution in [-0.2, 0) is 4.79 Å². The Morgan fingerprint density at radius 3 is 2.40 bits per heavy atom. The van der Waals surface area contributed by atoms with Crippen LogP contribution in [0.25, 0.3) is 0 Å². The van der Waals surface area contributed by atoms with Crippen LogP contribution in [0.2, 0.25) is 5.02 Å². The third-order valence-electron chi connectivity index (χ3n) is 1.45. The van der Waals surface area contributed by atoms with Gasteiger partial charge < -0.3 is 5.32 Å². The minimum absolute atomic E-state index is 0.265. The summed E-state index contributed by atoms with van der Waals surface area (Å²) in [6.45, 7) is 0. The number of nitrogens with one attached hydrogen (secondary N) is 1. The molecule has 0 heterocycles. The zero-order valence-electron chi connectivity index (χ0n) is 7.23. The van der Waals surface area contributed by atoms with Crippen LogP contribution in [0, 0.1) is 0 Å². The smallest absolute Gasteiger partial charge is 0.269 e. The van der Waals surface area contributed by atoms with Gasteiger partial charge in [0.05, 0.1) is 0 Å². The molecule has 15 heavy (non-hydrogen) atoms. The van der Waals surface area contributed by atoms with E-state index in [1.807, 2.05) is 0 Å². The van der Waals surface area contributed by atoms with Crippen molar-refractivity contribution in [3.63, 3.8) is 0 Å². The summed E-state index contributed by atoms with van der Waals surface area (Å²) >= 11 is 21.9. The summed E-state index contributed by atoms with van der Waals surface area (Å²) in [5.41, 5.74) is 0.514. The Morgan fingerprint density at radius 2 is 1.87 bits per heavy atom. The number of anilines is 1. The van der Waals surface area contributed by atoms with Gasteiger partial charge in [-0.3, -0.25) is 4.79 Å². The number of amides is 1.